The molecule has 0 bridgehead atoms. The topological polar surface area (TPSA) is 339 Å². The van der Waals surface area contributed by atoms with Crippen LogP contribution in [0.3, 0.4) is 0 Å². The van der Waals surface area contributed by atoms with Crippen molar-refractivity contribution in [3.63, 3.8) is 0 Å². The van der Waals surface area contributed by atoms with Crippen LogP contribution in [0.15, 0.2) is 24.3 Å². The van der Waals surface area contributed by atoms with Gasteiger partial charge in [-0.2, -0.15) is 0 Å². The van der Waals surface area contributed by atoms with Crippen LogP contribution >= 0.6 is 0 Å². The molecular weight excluding hydrogens is 863 g/mol. The maximum atomic E-state index is 13.7. The number of carbonyl (C=O) groups is 9. The van der Waals surface area contributed by atoms with E-state index in [-0.39, 0.29) is 50.4 Å². The van der Waals surface area contributed by atoms with Gasteiger partial charge in [-0.25, -0.2) is 4.79 Å². The monoisotopic (exact) mass is 932 g/mol. The van der Waals surface area contributed by atoms with Crippen LogP contribution in [-0.4, -0.2) is 164 Å². The molecule has 3 rings (SSSR count). The summed E-state index contributed by atoms with van der Waals surface area (Å²) in [5.41, 5.74) is 6.81. The molecule has 2 saturated heterocycles. The molecule has 368 valence electrons. The molecule has 8 amide bonds. The second-order valence-corrected chi connectivity index (χ2v) is 18.1. The molecule has 22 heteroatoms. The molecule has 0 unspecified atom stereocenters. The summed E-state index contributed by atoms with van der Waals surface area (Å²) in [4.78, 5) is 121. The molecule has 1 aromatic carbocycles. The van der Waals surface area contributed by atoms with Crippen LogP contribution in [0.25, 0.3) is 0 Å². The number of aliphatic carboxylic acids is 1. The Labute approximate surface area is 384 Å². The summed E-state index contributed by atoms with van der Waals surface area (Å²) in [6, 6.07) is -3.67. The van der Waals surface area contributed by atoms with E-state index in [0.29, 0.717) is 18.4 Å². The van der Waals surface area contributed by atoms with Gasteiger partial charge in [-0.15, -0.1) is 0 Å². The summed E-state index contributed by atoms with van der Waals surface area (Å²) in [7, 11) is 0. The molecular formula is C44H69N9O13. The Kier molecular flexibility index (Phi) is 20.8. The lowest BCUT2D eigenvalue weighted by Gasteiger charge is -2.30. The number of carboxylic acids is 1. The Morgan fingerprint density at radius 3 is 1.74 bits per heavy atom. The average molecular weight is 932 g/mol. The first-order valence-corrected chi connectivity index (χ1v) is 22.4. The molecule has 2 heterocycles. The molecule has 0 aromatic heterocycles. The number of likely N-dealkylation sites (tertiary alicyclic amines) is 2. The van der Waals surface area contributed by atoms with Crippen molar-refractivity contribution in [1.82, 2.24) is 41.7 Å². The van der Waals surface area contributed by atoms with Gasteiger partial charge < -0.3 is 67.9 Å². The lowest BCUT2D eigenvalue weighted by molar-refractivity contribution is -0.144. The number of nitrogens with zero attached hydrogens (tertiary/aromatic N) is 2. The van der Waals surface area contributed by atoms with Gasteiger partial charge in [-0.3, -0.25) is 38.4 Å². The highest BCUT2D eigenvalue weighted by Gasteiger charge is 2.41. The van der Waals surface area contributed by atoms with E-state index in [9.17, 15) is 63.6 Å². The Morgan fingerprint density at radius 2 is 1.21 bits per heavy atom. The lowest BCUT2D eigenvalue weighted by atomic mass is 10.0. The number of phenols is 1. The molecule has 2 aliphatic heterocycles. The van der Waals surface area contributed by atoms with Gasteiger partial charge in [-0.05, 0) is 80.9 Å². The smallest absolute Gasteiger partial charge is 0.326 e. The normalized spacial score (nSPS) is 19.2. The van der Waals surface area contributed by atoms with E-state index in [0.717, 1.165) is 0 Å². The Morgan fingerprint density at radius 1 is 0.682 bits per heavy atom. The predicted octanol–water partition coefficient (Wildman–Crippen LogP) is -2.40. The standard InChI is InChI=1S/C44H69N9O13/c1-22(2)18-29(47-37(58)28(45)19-26-12-14-27(56)15-13-26)38(59)48-30(21-54)43(64)53-17-9-10-31(53)39(60)46-20-33(57)52-16-8-11-32(52)40(61)49-34(23(3)4)41(62)51-36(25(7)55)42(63)50-35(24(5)6)44(65)66/h12-15,22-25,28-32,34-36,54-56H,8-11,16-21,45H2,1-7H3,(H,46,60)(H,47,58)(H,48,59)(H,49,61)(H,50,63)(H,51,62)(H,65,66)/t25-,28+,29+,30+,31+,32+,34+,35+,36+/m1/s1. The van der Waals surface area contributed by atoms with E-state index in [1.807, 2.05) is 13.8 Å². The van der Waals surface area contributed by atoms with Gasteiger partial charge in [0.1, 0.15) is 48.0 Å². The van der Waals surface area contributed by atoms with Crippen molar-refractivity contribution in [3.8, 4) is 5.75 Å². The molecule has 0 aliphatic carbocycles. The molecule has 12 N–H and O–H groups in total. The van der Waals surface area contributed by atoms with Crippen LogP contribution in [0.5, 0.6) is 5.75 Å². The average Bonchev–Trinajstić information content (AvgIpc) is 3.95. The highest BCUT2D eigenvalue weighted by atomic mass is 16.4. The number of nitrogens with two attached hydrogens (primary N) is 1. The number of carbonyl (C=O) groups excluding carboxylic acids is 8. The second-order valence-electron chi connectivity index (χ2n) is 18.1. The minimum atomic E-state index is -1.56. The SMILES string of the molecule is CC(C)C[C@H](NC(=O)[C@@H](N)Cc1ccc(O)cc1)C(=O)N[C@@H](CO)C(=O)N1CCC[C@H]1C(=O)NCC(=O)N1CCC[C@H]1C(=O)N[C@H](C(=O)N[C@H](C(=O)N[C@H](C(=O)O)C(C)C)[C@@H](C)O)C(C)C. The molecule has 66 heavy (non-hydrogen) atoms. The van der Waals surface area contributed by atoms with Crippen molar-refractivity contribution in [2.45, 2.75) is 141 Å². The zero-order chi connectivity index (χ0) is 49.6. The number of benzene rings is 1. The zero-order valence-electron chi connectivity index (χ0n) is 38.7. The van der Waals surface area contributed by atoms with Crippen LogP contribution in [0.4, 0.5) is 0 Å². The van der Waals surface area contributed by atoms with Gasteiger partial charge >= 0.3 is 5.97 Å². The molecule has 22 nitrogen and oxygen atoms in total. The third-order valence-corrected chi connectivity index (χ3v) is 11.5. The third-order valence-electron chi connectivity index (χ3n) is 11.5. The van der Waals surface area contributed by atoms with Crippen LogP contribution in [0, 0.1) is 17.8 Å². The Balaban J connectivity index is 1.61. The molecule has 0 saturated carbocycles. The highest BCUT2D eigenvalue weighted by molar-refractivity contribution is 5.98. The molecule has 0 radical (unpaired) electrons. The van der Waals surface area contributed by atoms with Gasteiger partial charge in [0.05, 0.1) is 25.3 Å². The van der Waals surface area contributed by atoms with Crippen LogP contribution < -0.4 is 37.6 Å². The van der Waals surface area contributed by atoms with Gasteiger partial charge in [0, 0.05) is 13.1 Å². The first kappa shape index (κ1) is 54.5. The maximum absolute atomic E-state index is 13.7. The number of aromatic hydroxyl groups is 1. The van der Waals surface area contributed by atoms with Crippen molar-refractivity contribution in [3.05, 3.63) is 29.8 Å². The summed E-state index contributed by atoms with van der Waals surface area (Å²) in [5.74, 6) is -8.26. The number of aliphatic hydroxyl groups excluding tert-OH is 2. The first-order valence-electron chi connectivity index (χ1n) is 22.4. The lowest BCUT2D eigenvalue weighted by Crippen LogP contribution is -2.61. The van der Waals surface area contributed by atoms with Crippen molar-refractivity contribution in [1.29, 1.82) is 0 Å². The van der Waals surface area contributed by atoms with E-state index in [1.54, 1.807) is 39.8 Å². The number of phenolic OH excluding ortho intramolecular Hbond substituents is 1. The number of nitrogens with one attached hydrogen (secondary N) is 6. The quantitative estimate of drug-likeness (QED) is 0.0546. The summed E-state index contributed by atoms with van der Waals surface area (Å²) < 4.78 is 0. The summed E-state index contributed by atoms with van der Waals surface area (Å²) in [5, 5.41) is 54.7. The molecule has 2 aliphatic rings. The van der Waals surface area contributed by atoms with E-state index in [4.69, 9.17) is 5.73 Å². The van der Waals surface area contributed by atoms with E-state index in [2.05, 4.69) is 31.9 Å². The fourth-order valence-electron chi connectivity index (χ4n) is 7.83. The van der Waals surface area contributed by atoms with Crippen LogP contribution in [0.1, 0.15) is 86.1 Å². The molecule has 2 fully saturated rings. The van der Waals surface area contributed by atoms with Gasteiger partial charge in [0.15, 0.2) is 0 Å². The Bertz CT molecular complexity index is 1890. The van der Waals surface area contributed by atoms with Gasteiger partial charge in [0.25, 0.3) is 0 Å². The van der Waals surface area contributed by atoms with Crippen molar-refractivity contribution in [2.24, 2.45) is 23.5 Å². The zero-order valence-corrected chi connectivity index (χ0v) is 38.7. The van der Waals surface area contributed by atoms with Crippen molar-refractivity contribution < 1.29 is 63.6 Å². The second kappa shape index (κ2) is 25.2. The van der Waals surface area contributed by atoms with Gasteiger partial charge in [0.2, 0.25) is 47.3 Å². The third kappa shape index (κ3) is 15.4. The summed E-state index contributed by atoms with van der Waals surface area (Å²) >= 11 is 0. The van der Waals surface area contributed by atoms with E-state index < -0.39 is 133 Å². The number of rotatable bonds is 23. The molecule has 1 aromatic rings. The first-order chi connectivity index (χ1) is 31.0. The fourth-order valence-corrected chi connectivity index (χ4v) is 7.83. The summed E-state index contributed by atoms with van der Waals surface area (Å²) in [6.07, 6.45) is 0.124. The van der Waals surface area contributed by atoms with Gasteiger partial charge in [-0.1, -0.05) is 53.7 Å². The van der Waals surface area contributed by atoms with E-state index >= 15 is 0 Å². The molecule has 9 atom stereocenters. The Hall–Kier alpha value is -5.87. The maximum Gasteiger partial charge on any atom is 0.326 e. The van der Waals surface area contributed by atoms with Crippen LogP contribution in [0.2, 0.25) is 0 Å². The van der Waals surface area contributed by atoms with Crippen molar-refractivity contribution in [2.75, 3.05) is 26.2 Å². The molecule has 0 spiro atoms. The number of carboxylic acid groups (broad SMARTS) is 1. The highest BCUT2D eigenvalue weighted by Crippen LogP contribution is 2.21. The predicted molar refractivity (Wildman–Crippen MR) is 237 cm³/mol. The van der Waals surface area contributed by atoms with E-state index in [1.165, 1.54) is 28.9 Å². The number of hydrogen-bond acceptors (Lipinski definition) is 13. The minimum Gasteiger partial charge on any atom is -0.508 e. The largest absolute Gasteiger partial charge is 0.508 e. The number of hydrogen-bond donors (Lipinski definition) is 11. The number of amides is 8. The summed E-state index contributed by atoms with van der Waals surface area (Å²) in [6.45, 7) is 10.2. The minimum absolute atomic E-state index is 0.0481. The fraction of sp³-hybridized carbons (Fsp3) is 0.659. The van der Waals surface area contributed by atoms with Crippen molar-refractivity contribution >= 4 is 53.2 Å². The number of aliphatic hydroxyl groups is 2. The van der Waals surface area contributed by atoms with Crippen LogP contribution in [-0.2, 0) is 49.6 Å².